The molecule has 19 heavy (non-hydrogen) atoms. The number of aryl methyl sites for hydroxylation is 1. The van der Waals surface area contributed by atoms with Crippen LogP contribution in [0.15, 0.2) is 41.8 Å². The normalized spacial score (nSPS) is 12.9. The Kier molecular flexibility index (Phi) is 3.69. The van der Waals surface area contributed by atoms with Crippen LogP contribution < -0.4 is 5.32 Å². The third kappa shape index (κ3) is 2.59. The number of nitrogens with one attached hydrogen (secondary N) is 1. The van der Waals surface area contributed by atoms with Crippen molar-refractivity contribution in [1.82, 2.24) is 5.32 Å². The first-order valence-corrected chi connectivity index (χ1v) is 8.24. The Labute approximate surface area is 121 Å². The van der Waals surface area contributed by atoms with E-state index < -0.39 is 0 Å². The first-order chi connectivity index (χ1) is 9.28. The molecule has 0 bridgehead atoms. The van der Waals surface area contributed by atoms with Gasteiger partial charge in [-0.25, -0.2) is 0 Å². The summed E-state index contributed by atoms with van der Waals surface area (Å²) < 4.78 is 1.37. The third-order valence-corrected chi connectivity index (χ3v) is 5.28. The summed E-state index contributed by atoms with van der Waals surface area (Å²) in [6, 6.07) is 13.5. The standard InChI is InChI=1S/C16H17NS2/c1-3-17-16(13-8-11(2)18-10-13)15-9-12-6-4-5-7-14(12)19-15/h4-10,16-17H,3H2,1-2H3. The van der Waals surface area contributed by atoms with E-state index in [1.165, 1.54) is 25.4 Å². The summed E-state index contributed by atoms with van der Waals surface area (Å²) in [7, 11) is 0. The molecule has 0 aliphatic heterocycles. The zero-order chi connectivity index (χ0) is 13.2. The number of thiophene rings is 2. The molecule has 3 rings (SSSR count). The van der Waals surface area contributed by atoms with Crippen molar-refractivity contribution in [2.75, 3.05) is 6.54 Å². The minimum absolute atomic E-state index is 0.326. The van der Waals surface area contributed by atoms with Gasteiger partial charge in [0.05, 0.1) is 6.04 Å². The summed E-state index contributed by atoms with van der Waals surface area (Å²) in [5, 5.41) is 7.22. The maximum atomic E-state index is 3.61. The first-order valence-electron chi connectivity index (χ1n) is 6.55. The van der Waals surface area contributed by atoms with Gasteiger partial charge in [-0.3, -0.25) is 0 Å². The number of fused-ring (bicyclic) bond motifs is 1. The van der Waals surface area contributed by atoms with Gasteiger partial charge in [0.25, 0.3) is 0 Å². The molecule has 0 aliphatic carbocycles. The van der Waals surface area contributed by atoms with Crippen molar-refractivity contribution in [2.24, 2.45) is 0 Å². The predicted octanol–water partition coefficient (Wildman–Crippen LogP) is 4.97. The van der Waals surface area contributed by atoms with E-state index in [0.717, 1.165) is 6.54 Å². The Balaban J connectivity index is 2.03. The quantitative estimate of drug-likeness (QED) is 0.714. The molecule has 3 heteroatoms. The van der Waals surface area contributed by atoms with E-state index in [0.29, 0.717) is 6.04 Å². The molecular formula is C16H17NS2. The highest BCUT2D eigenvalue weighted by Gasteiger charge is 2.16. The van der Waals surface area contributed by atoms with E-state index in [9.17, 15) is 0 Å². The van der Waals surface area contributed by atoms with Crippen LogP contribution in [0.3, 0.4) is 0 Å². The number of hydrogen-bond acceptors (Lipinski definition) is 3. The van der Waals surface area contributed by atoms with E-state index in [2.05, 4.69) is 60.9 Å². The van der Waals surface area contributed by atoms with Crippen LogP contribution in [0.1, 0.15) is 28.3 Å². The van der Waals surface area contributed by atoms with Gasteiger partial charge in [-0.05, 0) is 48.0 Å². The average Bonchev–Trinajstić information content (AvgIpc) is 3.01. The molecule has 3 aromatic rings. The molecule has 1 N–H and O–H groups in total. The first kappa shape index (κ1) is 12.9. The van der Waals surface area contributed by atoms with Crippen LogP contribution in [0.25, 0.3) is 10.1 Å². The highest BCUT2D eigenvalue weighted by Crippen LogP contribution is 2.34. The second-order valence-electron chi connectivity index (χ2n) is 4.67. The van der Waals surface area contributed by atoms with Gasteiger partial charge in [0.15, 0.2) is 0 Å². The summed E-state index contributed by atoms with van der Waals surface area (Å²) in [6.45, 7) is 5.31. The van der Waals surface area contributed by atoms with Gasteiger partial charge in [0.1, 0.15) is 0 Å². The van der Waals surface area contributed by atoms with Crippen molar-refractivity contribution in [3.63, 3.8) is 0 Å². The molecule has 0 radical (unpaired) electrons. The average molecular weight is 287 g/mol. The Morgan fingerprint density at radius 3 is 2.74 bits per heavy atom. The Bertz CT molecular complexity index is 648. The Morgan fingerprint density at radius 2 is 2.05 bits per heavy atom. The smallest absolute Gasteiger partial charge is 0.0679 e. The van der Waals surface area contributed by atoms with Gasteiger partial charge in [-0.2, -0.15) is 0 Å². The Hall–Kier alpha value is -1.16. The highest BCUT2D eigenvalue weighted by molar-refractivity contribution is 7.19. The van der Waals surface area contributed by atoms with Crippen LogP contribution in [0.2, 0.25) is 0 Å². The SMILES string of the molecule is CCNC(c1csc(C)c1)c1cc2ccccc2s1. The lowest BCUT2D eigenvalue weighted by molar-refractivity contribution is 0.641. The maximum Gasteiger partial charge on any atom is 0.0679 e. The van der Waals surface area contributed by atoms with Crippen LogP contribution >= 0.6 is 22.7 Å². The van der Waals surface area contributed by atoms with E-state index in [1.54, 1.807) is 0 Å². The van der Waals surface area contributed by atoms with E-state index >= 15 is 0 Å². The van der Waals surface area contributed by atoms with Crippen LogP contribution in [0.5, 0.6) is 0 Å². The van der Waals surface area contributed by atoms with Gasteiger partial charge in [0, 0.05) is 14.5 Å². The third-order valence-electron chi connectivity index (χ3n) is 3.22. The van der Waals surface area contributed by atoms with E-state index in [1.807, 2.05) is 22.7 Å². The summed E-state index contributed by atoms with van der Waals surface area (Å²) in [5.41, 5.74) is 1.39. The largest absolute Gasteiger partial charge is 0.306 e. The lowest BCUT2D eigenvalue weighted by Gasteiger charge is -2.14. The summed E-state index contributed by atoms with van der Waals surface area (Å²) >= 11 is 3.72. The zero-order valence-electron chi connectivity index (χ0n) is 11.1. The minimum Gasteiger partial charge on any atom is -0.306 e. The zero-order valence-corrected chi connectivity index (χ0v) is 12.8. The summed E-state index contributed by atoms with van der Waals surface area (Å²) in [5.74, 6) is 0. The lowest BCUT2D eigenvalue weighted by atomic mass is 10.1. The molecule has 0 fully saturated rings. The van der Waals surface area contributed by atoms with Gasteiger partial charge in [-0.1, -0.05) is 25.1 Å². The van der Waals surface area contributed by atoms with Crippen LogP contribution in [-0.2, 0) is 0 Å². The van der Waals surface area contributed by atoms with Crippen molar-refractivity contribution >= 4 is 32.8 Å². The molecular weight excluding hydrogens is 270 g/mol. The van der Waals surface area contributed by atoms with Crippen molar-refractivity contribution in [1.29, 1.82) is 0 Å². The second-order valence-corrected chi connectivity index (χ2v) is 6.90. The molecule has 2 aromatic heterocycles. The van der Waals surface area contributed by atoms with Crippen molar-refractivity contribution in [2.45, 2.75) is 19.9 Å². The minimum atomic E-state index is 0.326. The monoisotopic (exact) mass is 287 g/mol. The molecule has 0 saturated carbocycles. The maximum absolute atomic E-state index is 3.61. The van der Waals surface area contributed by atoms with Crippen molar-refractivity contribution in [3.05, 3.63) is 57.1 Å². The number of rotatable bonds is 4. The molecule has 0 aliphatic rings. The van der Waals surface area contributed by atoms with Crippen LogP contribution in [0, 0.1) is 6.92 Å². The fraction of sp³-hybridized carbons (Fsp3) is 0.250. The number of hydrogen-bond donors (Lipinski definition) is 1. The fourth-order valence-electron chi connectivity index (χ4n) is 2.35. The van der Waals surface area contributed by atoms with E-state index in [-0.39, 0.29) is 0 Å². The summed E-state index contributed by atoms with van der Waals surface area (Å²) in [4.78, 5) is 2.78. The topological polar surface area (TPSA) is 12.0 Å². The molecule has 0 spiro atoms. The summed E-state index contributed by atoms with van der Waals surface area (Å²) in [6.07, 6.45) is 0. The van der Waals surface area contributed by atoms with Gasteiger partial charge < -0.3 is 5.32 Å². The molecule has 1 atom stereocenters. The fourth-order valence-corrected chi connectivity index (χ4v) is 4.25. The van der Waals surface area contributed by atoms with E-state index in [4.69, 9.17) is 0 Å². The van der Waals surface area contributed by atoms with Crippen molar-refractivity contribution < 1.29 is 0 Å². The van der Waals surface area contributed by atoms with Gasteiger partial charge in [-0.15, -0.1) is 22.7 Å². The molecule has 1 unspecified atom stereocenters. The van der Waals surface area contributed by atoms with Gasteiger partial charge >= 0.3 is 0 Å². The highest BCUT2D eigenvalue weighted by atomic mass is 32.1. The molecule has 98 valence electrons. The van der Waals surface area contributed by atoms with Crippen molar-refractivity contribution in [3.8, 4) is 0 Å². The number of benzene rings is 1. The van der Waals surface area contributed by atoms with Gasteiger partial charge in [0.2, 0.25) is 0 Å². The molecule has 0 amide bonds. The molecule has 1 nitrogen and oxygen atoms in total. The lowest BCUT2D eigenvalue weighted by Crippen LogP contribution is -2.20. The molecule has 0 saturated heterocycles. The van der Waals surface area contributed by atoms with Crippen LogP contribution in [0.4, 0.5) is 0 Å². The second kappa shape index (κ2) is 5.45. The molecule has 2 heterocycles. The predicted molar refractivity (Wildman–Crippen MR) is 86.4 cm³/mol. The molecule has 1 aromatic carbocycles. The Morgan fingerprint density at radius 1 is 1.21 bits per heavy atom. The van der Waals surface area contributed by atoms with Crippen LogP contribution in [-0.4, -0.2) is 6.54 Å².